The van der Waals surface area contributed by atoms with Crippen LogP contribution in [-0.2, 0) is 4.74 Å². The number of rotatable bonds is 8. The first-order valence-corrected chi connectivity index (χ1v) is 9.24. The van der Waals surface area contributed by atoms with Gasteiger partial charge in [-0.15, -0.1) is 0 Å². The van der Waals surface area contributed by atoms with Crippen molar-refractivity contribution in [3.8, 4) is 5.75 Å². The van der Waals surface area contributed by atoms with E-state index < -0.39 is 5.97 Å². The molecule has 0 radical (unpaired) electrons. The van der Waals surface area contributed by atoms with Crippen LogP contribution in [0.1, 0.15) is 50.6 Å². The minimum atomic E-state index is -0.419. The van der Waals surface area contributed by atoms with Crippen molar-refractivity contribution in [1.29, 1.82) is 0 Å². The Balaban J connectivity index is 2.15. The van der Waals surface area contributed by atoms with Gasteiger partial charge in [-0.2, -0.15) is 0 Å². The fourth-order valence-electron chi connectivity index (χ4n) is 3.19. The van der Waals surface area contributed by atoms with Crippen LogP contribution in [-0.4, -0.2) is 56.1 Å². The molecular weight excluding hydrogens is 358 g/mol. The van der Waals surface area contributed by atoms with Crippen molar-refractivity contribution in [2.24, 2.45) is 0 Å². The largest absolute Gasteiger partial charge is 0.497 e. The van der Waals surface area contributed by atoms with Crippen molar-refractivity contribution in [1.82, 2.24) is 15.2 Å². The van der Waals surface area contributed by atoms with E-state index in [2.05, 4.69) is 10.3 Å². The summed E-state index contributed by atoms with van der Waals surface area (Å²) in [5.41, 5.74) is 3.09. The molecule has 0 aliphatic heterocycles. The number of carbonyl (C=O) groups is 2. The number of hydrogen-bond acceptors (Lipinski definition) is 5. The number of hydrogen-bond donors (Lipinski definition) is 2. The number of aryl methyl sites for hydroxylation is 1. The van der Waals surface area contributed by atoms with Gasteiger partial charge < -0.3 is 24.7 Å². The normalized spacial score (nSPS) is 12.0. The zero-order chi connectivity index (χ0) is 20.8. The molecule has 0 saturated carbocycles. The molecule has 0 aliphatic rings. The maximum atomic E-state index is 12.7. The maximum Gasteiger partial charge on any atom is 0.340 e. The van der Waals surface area contributed by atoms with E-state index in [1.807, 2.05) is 43.3 Å². The van der Waals surface area contributed by atoms with Crippen LogP contribution in [0.15, 0.2) is 24.3 Å². The van der Waals surface area contributed by atoms with Crippen LogP contribution >= 0.6 is 0 Å². The van der Waals surface area contributed by atoms with Crippen molar-refractivity contribution in [2.75, 3.05) is 34.4 Å². The number of methoxy groups -OCH3 is 1. The van der Waals surface area contributed by atoms with Gasteiger partial charge >= 0.3 is 5.97 Å². The molecule has 0 spiro atoms. The standard InChI is InChI=1S/C21H29N3O4/c1-7-28-21(26)18-13(2)19(23-14(18)3)20(25)22-12-17(24(4)5)15-8-10-16(27-6)11-9-15/h8-11,17,23H,7,12H2,1-6H3,(H,22,25). The minimum absolute atomic E-state index is 0.00394. The van der Waals surface area contributed by atoms with Gasteiger partial charge in [0.25, 0.3) is 5.91 Å². The number of esters is 1. The summed E-state index contributed by atoms with van der Waals surface area (Å²) in [7, 11) is 5.55. The molecule has 1 unspecified atom stereocenters. The number of amides is 1. The molecule has 28 heavy (non-hydrogen) atoms. The van der Waals surface area contributed by atoms with Crippen LogP contribution < -0.4 is 10.1 Å². The molecule has 1 aromatic carbocycles. The second-order valence-corrected chi connectivity index (χ2v) is 6.81. The number of aromatic amines is 1. The van der Waals surface area contributed by atoms with Crippen LogP contribution in [0.4, 0.5) is 0 Å². The Bertz CT molecular complexity index is 825. The Kier molecular flexibility index (Phi) is 7.23. The number of likely N-dealkylation sites (N-methyl/N-ethyl adjacent to an activating group) is 1. The summed E-state index contributed by atoms with van der Waals surface area (Å²) < 4.78 is 10.3. The van der Waals surface area contributed by atoms with Crippen molar-refractivity contribution < 1.29 is 19.1 Å². The van der Waals surface area contributed by atoms with Gasteiger partial charge in [0.15, 0.2) is 0 Å². The van der Waals surface area contributed by atoms with Crippen LogP contribution in [0.2, 0.25) is 0 Å². The van der Waals surface area contributed by atoms with Gasteiger partial charge in [-0.1, -0.05) is 12.1 Å². The molecule has 7 heteroatoms. The molecule has 1 aromatic heterocycles. The van der Waals surface area contributed by atoms with Gasteiger partial charge in [0, 0.05) is 12.2 Å². The van der Waals surface area contributed by atoms with E-state index >= 15 is 0 Å². The maximum absolute atomic E-state index is 12.7. The lowest BCUT2D eigenvalue weighted by Gasteiger charge is -2.25. The second-order valence-electron chi connectivity index (χ2n) is 6.81. The molecular formula is C21H29N3O4. The molecule has 0 fully saturated rings. The topological polar surface area (TPSA) is 83.7 Å². The number of nitrogens with zero attached hydrogens (tertiary/aromatic N) is 1. The fourth-order valence-corrected chi connectivity index (χ4v) is 3.19. The highest BCUT2D eigenvalue weighted by Crippen LogP contribution is 2.22. The molecule has 2 rings (SSSR count). The summed E-state index contributed by atoms with van der Waals surface area (Å²) in [6.07, 6.45) is 0. The van der Waals surface area contributed by atoms with Crippen molar-refractivity contribution >= 4 is 11.9 Å². The smallest absolute Gasteiger partial charge is 0.340 e. The summed E-state index contributed by atoms with van der Waals surface area (Å²) in [4.78, 5) is 29.9. The zero-order valence-corrected chi connectivity index (χ0v) is 17.4. The molecule has 2 N–H and O–H groups in total. The van der Waals surface area contributed by atoms with Gasteiger partial charge in [0.05, 0.1) is 25.3 Å². The van der Waals surface area contributed by atoms with Crippen LogP contribution in [0.3, 0.4) is 0 Å². The number of benzene rings is 1. The monoisotopic (exact) mass is 387 g/mol. The van der Waals surface area contributed by atoms with E-state index in [1.54, 1.807) is 27.9 Å². The van der Waals surface area contributed by atoms with Gasteiger partial charge in [-0.05, 0) is 58.1 Å². The molecule has 152 valence electrons. The zero-order valence-electron chi connectivity index (χ0n) is 17.4. The molecule has 0 saturated heterocycles. The van der Waals surface area contributed by atoms with Crippen molar-refractivity contribution in [3.05, 3.63) is 52.3 Å². The van der Waals surface area contributed by atoms with Crippen molar-refractivity contribution in [2.45, 2.75) is 26.8 Å². The van der Waals surface area contributed by atoms with Crippen LogP contribution in [0.5, 0.6) is 5.75 Å². The number of carbonyl (C=O) groups excluding carboxylic acids is 2. The Morgan fingerprint density at radius 2 is 1.82 bits per heavy atom. The van der Waals surface area contributed by atoms with Gasteiger partial charge in [0.1, 0.15) is 11.4 Å². The third-order valence-corrected chi connectivity index (χ3v) is 4.72. The first kappa shape index (κ1) is 21.5. The predicted molar refractivity (Wildman–Crippen MR) is 108 cm³/mol. The molecule has 0 aliphatic carbocycles. The van der Waals surface area contributed by atoms with Crippen molar-refractivity contribution in [3.63, 3.8) is 0 Å². The Morgan fingerprint density at radius 3 is 2.36 bits per heavy atom. The summed E-state index contributed by atoms with van der Waals surface area (Å²) in [5, 5.41) is 2.96. The third kappa shape index (κ3) is 4.72. The first-order valence-electron chi connectivity index (χ1n) is 9.24. The van der Waals surface area contributed by atoms with Gasteiger partial charge in [-0.3, -0.25) is 4.79 Å². The van der Waals surface area contributed by atoms with Crippen LogP contribution in [0, 0.1) is 13.8 Å². The SMILES string of the molecule is CCOC(=O)c1c(C)[nH]c(C(=O)NCC(c2ccc(OC)cc2)N(C)C)c1C. The highest BCUT2D eigenvalue weighted by Gasteiger charge is 2.24. The lowest BCUT2D eigenvalue weighted by Crippen LogP contribution is -2.35. The predicted octanol–water partition coefficient (Wildman–Crippen LogP) is 2.85. The second kappa shape index (κ2) is 9.41. The van der Waals surface area contributed by atoms with E-state index in [0.29, 0.717) is 29.1 Å². The molecule has 2 aromatic rings. The quantitative estimate of drug-likeness (QED) is 0.681. The number of nitrogens with one attached hydrogen (secondary N) is 2. The minimum Gasteiger partial charge on any atom is -0.497 e. The molecule has 1 heterocycles. The van der Waals surface area contributed by atoms with E-state index in [-0.39, 0.29) is 18.6 Å². The number of aromatic nitrogens is 1. The third-order valence-electron chi connectivity index (χ3n) is 4.72. The summed E-state index contributed by atoms with van der Waals surface area (Å²) >= 11 is 0. The van der Waals surface area contributed by atoms with E-state index in [1.165, 1.54) is 0 Å². The molecule has 1 amide bonds. The average Bonchev–Trinajstić information content (AvgIpc) is 2.96. The highest BCUT2D eigenvalue weighted by molar-refractivity contribution is 6.00. The van der Waals surface area contributed by atoms with Gasteiger partial charge in [-0.25, -0.2) is 4.79 Å². The first-order chi connectivity index (χ1) is 13.3. The van der Waals surface area contributed by atoms with Gasteiger partial charge in [0.2, 0.25) is 0 Å². The van der Waals surface area contributed by atoms with E-state index in [4.69, 9.17) is 9.47 Å². The summed E-state index contributed by atoms with van der Waals surface area (Å²) in [5.74, 6) is 0.114. The summed E-state index contributed by atoms with van der Waals surface area (Å²) in [6.45, 7) is 5.97. The van der Waals surface area contributed by atoms with E-state index in [0.717, 1.165) is 11.3 Å². The summed E-state index contributed by atoms with van der Waals surface area (Å²) in [6, 6.07) is 7.77. The van der Waals surface area contributed by atoms with Crippen LogP contribution in [0.25, 0.3) is 0 Å². The fraction of sp³-hybridized carbons (Fsp3) is 0.429. The average molecular weight is 387 g/mol. The Morgan fingerprint density at radius 1 is 1.18 bits per heavy atom. The number of H-pyrrole nitrogens is 1. The molecule has 0 bridgehead atoms. The molecule has 7 nitrogen and oxygen atoms in total. The molecule has 1 atom stereocenters. The lowest BCUT2D eigenvalue weighted by atomic mass is 10.1. The Labute approximate surface area is 166 Å². The van der Waals surface area contributed by atoms with E-state index in [9.17, 15) is 9.59 Å². The lowest BCUT2D eigenvalue weighted by molar-refractivity contribution is 0.0525. The highest BCUT2D eigenvalue weighted by atomic mass is 16.5. The Hall–Kier alpha value is -2.80. The number of ether oxygens (including phenoxy) is 2.